The van der Waals surface area contributed by atoms with Gasteiger partial charge in [-0.15, -0.1) is 0 Å². The lowest BCUT2D eigenvalue weighted by Crippen LogP contribution is -2.45. The first-order chi connectivity index (χ1) is 15.3. The number of halogens is 2. The summed E-state index contributed by atoms with van der Waals surface area (Å²) in [6, 6.07) is 5.83. The van der Waals surface area contributed by atoms with E-state index in [1.165, 1.54) is 6.92 Å². The molecular formula is C22H24Br2N2O6. The standard InChI is InChI=1S/C22H24Br2N2O6/c1-3-31-14-7-5-4-6-13(14)25-15(27)9-32-22(30)10(2)26-20(28)16-11-8-12(17(16)21(26)29)19(24)18(11)23/h4-7,10-12,16-19H,3,8-9H2,1-2H3,(H,25,27)/t10-,11+,12+,16-,17+,18-,19-/m0/s1. The summed E-state index contributed by atoms with van der Waals surface area (Å²) >= 11 is 7.28. The molecule has 1 heterocycles. The Morgan fingerprint density at radius 2 is 1.72 bits per heavy atom. The molecule has 1 aliphatic heterocycles. The van der Waals surface area contributed by atoms with Crippen LogP contribution < -0.4 is 10.1 Å². The Hall–Kier alpha value is -1.94. The quantitative estimate of drug-likeness (QED) is 0.307. The number of ether oxygens (including phenoxy) is 2. The van der Waals surface area contributed by atoms with Crippen molar-refractivity contribution in [3.63, 3.8) is 0 Å². The van der Waals surface area contributed by atoms with Crippen LogP contribution in [-0.4, -0.2) is 57.5 Å². The molecule has 32 heavy (non-hydrogen) atoms. The molecule has 1 saturated heterocycles. The molecule has 0 spiro atoms. The summed E-state index contributed by atoms with van der Waals surface area (Å²) in [5.74, 6) is -2.16. The largest absolute Gasteiger partial charge is 0.492 e. The zero-order valence-electron chi connectivity index (χ0n) is 17.6. The van der Waals surface area contributed by atoms with E-state index in [4.69, 9.17) is 9.47 Å². The third-order valence-electron chi connectivity index (χ3n) is 6.56. The van der Waals surface area contributed by atoms with E-state index in [2.05, 4.69) is 37.2 Å². The molecule has 1 aromatic carbocycles. The molecule has 0 unspecified atom stereocenters. The molecular weight excluding hydrogens is 548 g/mol. The van der Waals surface area contributed by atoms with Crippen LogP contribution >= 0.6 is 31.9 Å². The number of likely N-dealkylation sites (tertiary alicyclic amines) is 1. The smallest absolute Gasteiger partial charge is 0.329 e. The number of alkyl halides is 2. The number of rotatable bonds is 7. The van der Waals surface area contributed by atoms with Gasteiger partial charge in [-0.2, -0.15) is 0 Å². The molecule has 4 rings (SSSR count). The topological polar surface area (TPSA) is 102 Å². The number of imide groups is 1. The zero-order valence-corrected chi connectivity index (χ0v) is 20.8. The van der Waals surface area contributed by atoms with Crippen molar-refractivity contribution < 1.29 is 28.7 Å². The minimum Gasteiger partial charge on any atom is -0.492 e. The van der Waals surface area contributed by atoms with Gasteiger partial charge in [0.1, 0.15) is 11.8 Å². The number of nitrogens with zero attached hydrogens (tertiary/aromatic N) is 1. The minimum absolute atomic E-state index is 0.0650. The third kappa shape index (κ3) is 3.85. The molecule has 2 saturated carbocycles. The molecule has 172 valence electrons. The van der Waals surface area contributed by atoms with Crippen molar-refractivity contribution in [3.8, 4) is 5.75 Å². The number of para-hydroxylation sites is 2. The van der Waals surface area contributed by atoms with Crippen molar-refractivity contribution in [2.45, 2.75) is 36.0 Å². The van der Waals surface area contributed by atoms with Crippen LogP contribution in [0.25, 0.3) is 0 Å². The van der Waals surface area contributed by atoms with Gasteiger partial charge in [0.2, 0.25) is 11.8 Å². The van der Waals surface area contributed by atoms with Crippen LogP contribution in [0.1, 0.15) is 20.3 Å². The van der Waals surface area contributed by atoms with E-state index < -0.39 is 36.4 Å². The highest BCUT2D eigenvalue weighted by Gasteiger charge is 2.67. The monoisotopic (exact) mass is 570 g/mol. The molecule has 10 heteroatoms. The first kappa shape index (κ1) is 23.2. The van der Waals surface area contributed by atoms with Gasteiger partial charge >= 0.3 is 5.97 Å². The predicted octanol–water partition coefficient (Wildman–Crippen LogP) is 2.73. The van der Waals surface area contributed by atoms with Gasteiger partial charge < -0.3 is 14.8 Å². The second-order valence-corrected chi connectivity index (χ2v) is 10.4. The second-order valence-electron chi connectivity index (χ2n) is 8.31. The Bertz CT molecular complexity index is 924. The number of esters is 1. The van der Waals surface area contributed by atoms with E-state index in [0.29, 0.717) is 18.0 Å². The van der Waals surface area contributed by atoms with E-state index in [0.717, 1.165) is 11.3 Å². The number of carbonyl (C=O) groups excluding carboxylic acids is 4. The molecule has 0 radical (unpaired) electrons. The van der Waals surface area contributed by atoms with Crippen molar-refractivity contribution in [1.29, 1.82) is 0 Å². The summed E-state index contributed by atoms with van der Waals surface area (Å²) in [5.41, 5.74) is 0.463. The van der Waals surface area contributed by atoms with Crippen molar-refractivity contribution in [2.24, 2.45) is 23.7 Å². The predicted molar refractivity (Wildman–Crippen MR) is 123 cm³/mol. The average molecular weight is 572 g/mol. The van der Waals surface area contributed by atoms with E-state index in [-0.39, 0.29) is 33.3 Å². The van der Waals surface area contributed by atoms with Crippen molar-refractivity contribution in [3.05, 3.63) is 24.3 Å². The van der Waals surface area contributed by atoms with Gasteiger partial charge in [-0.3, -0.25) is 19.3 Å². The highest BCUT2D eigenvalue weighted by atomic mass is 79.9. The summed E-state index contributed by atoms with van der Waals surface area (Å²) in [4.78, 5) is 52.2. The average Bonchev–Trinajstić information content (AvgIpc) is 3.38. The van der Waals surface area contributed by atoms with Crippen LogP contribution in [0.3, 0.4) is 0 Å². The van der Waals surface area contributed by atoms with Crippen LogP contribution in [0.2, 0.25) is 0 Å². The number of benzene rings is 1. The highest BCUT2D eigenvalue weighted by Crippen LogP contribution is 2.60. The van der Waals surface area contributed by atoms with E-state index in [9.17, 15) is 19.2 Å². The molecule has 2 bridgehead atoms. The molecule has 2 aliphatic carbocycles. The fraction of sp³-hybridized carbons (Fsp3) is 0.545. The second kappa shape index (κ2) is 9.13. The summed E-state index contributed by atoms with van der Waals surface area (Å²) in [5, 5.41) is 2.64. The van der Waals surface area contributed by atoms with Gasteiger partial charge in [0.25, 0.3) is 5.91 Å². The Morgan fingerprint density at radius 3 is 2.31 bits per heavy atom. The lowest BCUT2D eigenvalue weighted by atomic mass is 9.81. The Morgan fingerprint density at radius 1 is 1.12 bits per heavy atom. The maximum atomic E-state index is 13.0. The van der Waals surface area contributed by atoms with Crippen LogP contribution in [0, 0.1) is 23.7 Å². The van der Waals surface area contributed by atoms with Crippen molar-refractivity contribution in [1.82, 2.24) is 4.90 Å². The number of nitrogens with one attached hydrogen (secondary N) is 1. The van der Waals surface area contributed by atoms with Gasteiger partial charge in [-0.1, -0.05) is 44.0 Å². The van der Waals surface area contributed by atoms with Crippen molar-refractivity contribution in [2.75, 3.05) is 18.5 Å². The molecule has 0 aromatic heterocycles. The Balaban J connectivity index is 1.36. The minimum atomic E-state index is -1.09. The number of hydrogen-bond donors (Lipinski definition) is 1. The SMILES string of the molecule is CCOc1ccccc1NC(=O)COC(=O)[C@H](C)N1C(=O)[C@@H]2[C@H]3C[C@@H]([C@H](Br)[C@H]3Br)[C@@H]2C1=O. The molecule has 7 atom stereocenters. The Labute approximate surface area is 202 Å². The van der Waals surface area contributed by atoms with Crippen LogP contribution in [0.5, 0.6) is 5.75 Å². The molecule has 8 nitrogen and oxygen atoms in total. The maximum Gasteiger partial charge on any atom is 0.329 e. The lowest BCUT2D eigenvalue weighted by molar-refractivity contribution is -0.159. The maximum absolute atomic E-state index is 13.0. The molecule has 1 aromatic rings. The molecule has 3 fully saturated rings. The van der Waals surface area contributed by atoms with Crippen LogP contribution in [-0.2, 0) is 23.9 Å². The first-order valence-electron chi connectivity index (χ1n) is 10.6. The number of carbonyl (C=O) groups is 4. The zero-order chi connectivity index (χ0) is 23.2. The molecule has 1 N–H and O–H groups in total. The fourth-order valence-electron chi connectivity index (χ4n) is 5.15. The fourth-order valence-corrected chi connectivity index (χ4v) is 7.03. The first-order valence-corrected chi connectivity index (χ1v) is 12.4. The number of anilines is 1. The molecule has 3 aliphatic rings. The van der Waals surface area contributed by atoms with Gasteiger partial charge in [0.05, 0.1) is 24.1 Å². The van der Waals surface area contributed by atoms with E-state index in [1.54, 1.807) is 24.3 Å². The Kier molecular flexibility index (Phi) is 6.63. The normalized spacial score (nSPS) is 31.4. The summed E-state index contributed by atoms with van der Waals surface area (Å²) in [6.45, 7) is 3.19. The lowest BCUT2D eigenvalue weighted by Gasteiger charge is -2.28. The summed E-state index contributed by atoms with van der Waals surface area (Å²) in [7, 11) is 0. The third-order valence-corrected chi connectivity index (χ3v) is 9.76. The summed E-state index contributed by atoms with van der Waals surface area (Å²) in [6.07, 6.45) is 0.814. The van der Waals surface area contributed by atoms with Gasteiger partial charge in [-0.05, 0) is 44.2 Å². The number of hydrogen-bond acceptors (Lipinski definition) is 6. The molecule has 3 amide bonds. The van der Waals surface area contributed by atoms with E-state index >= 15 is 0 Å². The summed E-state index contributed by atoms with van der Waals surface area (Å²) < 4.78 is 10.6. The van der Waals surface area contributed by atoms with Crippen LogP contribution in [0.15, 0.2) is 24.3 Å². The highest BCUT2D eigenvalue weighted by molar-refractivity contribution is 9.12. The van der Waals surface area contributed by atoms with Crippen molar-refractivity contribution >= 4 is 61.2 Å². The van der Waals surface area contributed by atoms with Gasteiger partial charge in [0, 0.05) is 9.65 Å². The van der Waals surface area contributed by atoms with Crippen LogP contribution in [0.4, 0.5) is 5.69 Å². The van der Waals surface area contributed by atoms with E-state index in [1.807, 2.05) is 6.92 Å². The van der Waals surface area contributed by atoms with Gasteiger partial charge in [0.15, 0.2) is 6.61 Å². The number of amides is 3. The number of fused-ring (bicyclic) bond motifs is 5. The van der Waals surface area contributed by atoms with Gasteiger partial charge in [-0.25, -0.2) is 4.79 Å².